The molecule has 1 aromatic carbocycles. The fourth-order valence-electron chi connectivity index (χ4n) is 6.66. The molecule has 42 heavy (non-hydrogen) atoms. The first-order valence-electron chi connectivity index (χ1n) is 14.8. The largest absolute Gasteiger partial charge is 0.390 e. The van der Waals surface area contributed by atoms with Gasteiger partial charge in [0.1, 0.15) is 5.60 Å². The molecule has 0 amide bonds. The predicted octanol–water partition coefficient (Wildman–Crippen LogP) is 4.93. The van der Waals surface area contributed by atoms with Gasteiger partial charge in [0.25, 0.3) is 0 Å². The average Bonchev–Trinajstić information content (AvgIpc) is 3.83. The van der Waals surface area contributed by atoms with Crippen LogP contribution in [0.4, 0.5) is 5.82 Å². The number of nitrogens with zero attached hydrogens (tertiary/aromatic N) is 5. The number of aromatic nitrogens is 6. The van der Waals surface area contributed by atoms with Crippen molar-refractivity contribution in [3.05, 3.63) is 65.8 Å². The van der Waals surface area contributed by atoms with Crippen LogP contribution in [0.3, 0.4) is 0 Å². The number of thiophene rings is 1. The van der Waals surface area contributed by atoms with Gasteiger partial charge in [-0.3, -0.25) is 5.10 Å². The minimum Gasteiger partial charge on any atom is -0.390 e. The molecule has 4 aromatic heterocycles. The summed E-state index contributed by atoms with van der Waals surface area (Å²) in [5.41, 5.74) is 4.03. The summed E-state index contributed by atoms with van der Waals surface area (Å²) < 4.78 is 13.6. The molecule has 10 nitrogen and oxygen atoms in total. The number of nitrogens with one attached hydrogen (secondary N) is 3. The van der Waals surface area contributed by atoms with E-state index < -0.39 is 0 Å². The minimum atomic E-state index is -0.239. The SMILES string of the molecule is C(=C\NCC12CCC(c3cc4nc(-c5cccc6[nH]ncc56)nc(N5CCOCC5)c4s3)(CC1)OC2)/Cc1cnc[nH]1. The Morgan fingerprint density at radius 1 is 1.10 bits per heavy atom. The highest BCUT2D eigenvalue weighted by atomic mass is 32.1. The molecule has 3 N–H and O–H groups in total. The number of ether oxygens (including phenoxy) is 2. The third kappa shape index (κ3) is 4.56. The summed E-state index contributed by atoms with van der Waals surface area (Å²) in [5.74, 6) is 1.73. The van der Waals surface area contributed by atoms with Crippen molar-refractivity contribution in [2.75, 3.05) is 44.4 Å². The van der Waals surface area contributed by atoms with E-state index in [1.54, 1.807) is 6.33 Å². The van der Waals surface area contributed by atoms with Gasteiger partial charge in [0.15, 0.2) is 11.6 Å². The Bertz CT molecular complexity index is 1710. The third-order valence-corrected chi connectivity index (χ3v) is 10.5. The lowest BCUT2D eigenvalue weighted by Crippen LogP contribution is -2.52. The molecule has 1 aliphatic carbocycles. The van der Waals surface area contributed by atoms with Crippen LogP contribution in [0.1, 0.15) is 36.3 Å². The highest BCUT2D eigenvalue weighted by Crippen LogP contribution is 2.55. The lowest BCUT2D eigenvalue weighted by atomic mass is 9.65. The Labute approximate surface area is 247 Å². The first-order chi connectivity index (χ1) is 20.7. The van der Waals surface area contributed by atoms with Crippen molar-refractivity contribution in [1.29, 1.82) is 0 Å². The summed E-state index contributed by atoms with van der Waals surface area (Å²) in [6, 6.07) is 8.43. The second-order valence-corrected chi connectivity index (χ2v) is 12.8. The molecule has 2 bridgehead atoms. The second-order valence-electron chi connectivity index (χ2n) is 11.8. The maximum absolute atomic E-state index is 6.79. The van der Waals surface area contributed by atoms with Gasteiger partial charge in [-0.15, -0.1) is 11.3 Å². The van der Waals surface area contributed by atoms with Crippen LogP contribution < -0.4 is 10.2 Å². The fourth-order valence-corrected chi connectivity index (χ4v) is 7.98. The summed E-state index contributed by atoms with van der Waals surface area (Å²) in [6.45, 7) is 4.77. The van der Waals surface area contributed by atoms with Gasteiger partial charge in [-0.2, -0.15) is 5.10 Å². The highest BCUT2D eigenvalue weighted by Gasteiger charge is 2.51. The first-order valence-corrected chi connectivity index (χ1v) is 15.6. The Hall–Kier alpha value is -3.80. The molecule has 216 valence electrons. The molecule has 9 rings (SSSR count). The number of hydrogen-bond acceptors (Lipinski definition) is 9. The Kier molecular flexibility index (Phi) is 6.46. The van der Waals surface area contributed by atoms with Crippen LogP contribution in [0.25, 0.3) is 32.5 Å². The topological polar surface area (TPSA) is 117 Å². The van der Waals surface area contributed by atoms with Gasteiger partial charge in [0, 0.05) is 59.2 Å². The summed E-state index contributed by atoms with van der Waals surface area (Å²) in [4.78, 5) is 21.2. The molecule has 7 heterocycles. The van der Waals surface area contributed by atoms with Crippen molar-refractivity contribution in [2.24, 2.45) is 5.41 Å². The minimum absolute atomic E-state index is 0.186. The molecule has 3 aliphatic heterocycles. The number of allylic oxidation sites excluding steroid dienone is 1. The quantitative estimate of drug-likeness (QED) is 0.236. The van der Waals surface area contributed by atoms with Gasteiger partial charge in [-0.05, 0) is 44.0 Å². The van der Waals surface area contributed by atoms with Crippen LogP contribution in [0.15, 0.2) is 55.3 Å². The lowest BCUT2D eigenvalue weighted by molar-refractivity contribution is -0.185. The molecule has 0 atom stereocenters. The van der Waals surface area contributed by atoms with Gasteiger partial charge in [-0.25, -0.2) is 15.0 Å². The zero-order chi connectivity index (χ0) is 28.0. The van der Waals surface area contributed by atoms with Crippen molar-refractivity contribution in [3.8, 4) is 11.4 Å². The average molecular weight is 583 g/mol. The van der Waals surface area contributed by atoms with E-state index in [4.69, 9.17) is 19.4 Å². The molecule has 0 unspecified atom stereocenters. The number of fused-ring (bicyclic) bond motifs is 5. The van der Waals surface area contributed by atoms with E-state index in [1.165, 1.54) is 4.88 Å². The van der Waals surface area contributed by atoms with Crippen molar-refractivity contribution < 1.29 is 9.47 Å². The van der Waals surface area contributed by atoms with Crippen molar-refractivity contribution >= 4 is 38.3 Å². The van der Waals surface area contributed by atoms with E-state index in [2.05, 4.69) is 54.8 Å². The molecule has 0 spiro atoms. The molecular formula is C31H34N8O2S. The van der Waals surface area contributed by atoms with E-state index in [0.717, 1.165) is 102 Å². The summed E-state index contributed by atoms with van der Waals surface area (Å²) in [7, 11) is 0. The van der Waals surface area contributed by atoms with E-state index in [9.17, 15) is 0 Å². The molecule has 1 saturated carbocycles. The number of benzene rings is 1. The standard InChI is InChI=1S/C31H34N8O2S/c1-4-22(23-17-35-38-24(23)5-1)28-36-25-15-26(42-27(25)29(37-28)39-11-13-40-14-12-39)31-8-6-30(7-9-31,19-41-31)18-32-10-2-3-21-16-33-20-34-21/h1-2,4-5,10,15-17,20,32H,3,6-9,11-14,18-19H2,(H,33,34)(H,35,38)/b10-2+. The first kappa shape index (κ1) is 25.9. The number of aromatic amines is 2. The van der Waals surface area contributed by atoms with Crippen LogP contribution in [-0.2, 0) is 21.5 Å². The summed E-state index contributed by atoms with van der Waals surface area (Å²) >= 11 is 1.82. The van der Waals surface area contributed by atoms with Crippen molar-refractivity contribution in [1.82, 2.24) is 35.5 Å². The van der Waals surface area contributed by atoms with Gasteiger partial charge in [0.2, 0.25) is 0 Å². The van der Waals surface area contributed by atoms with Gasteiger partial charge in [0.05, 0.1) is 48.1 Å². The number of hydrogen-bond donors (Lipinski definition) is 3. The Balaban J connectivity index is 1.07. The molecular weight excluding hydrogens is 548 g/mol. The van der Waals surface area contributed by atoms with Crippen molar-refractivity contribution in [2.45, 2.75) is 37.7 Å². The van der Waals surface area contributed by atoms with Crippen LogP contribution in [-0.4, -0.2) is 69.6 Å². The molecule has 5 aromatic rings. The summed E-state index contributed by atoms with van der Waals surface area (Å²) in [6.07, 6.45) is 14.9. The van der Waals surface area contributed by atoms with Gasteiger partial charge in [-0.1, -0.05) is 18.2 Å². The highest BCUT2D eigenvalue weighted by molar-refractivity contribution is 7.19. The second kappa shape index (κ2) is 10.5. The zero-order valence-corrected chi connectivity index (χ0v) is 24.3. The monoisotopic (exact) mass is 582 g/mol. The number of rotatable bonds is 8. The molecule has 4 fully saturated rings. The van der Waals surface area contributed by atoms with Crippen molar-refractivity contribution in [3.63, 3.8) is 0 Å². The molecule has 11 heteroatoms. The normalized spacial score (nSPS) is 24.3. The van der Waals surface area contributed by atoms with Crippen LogP contribution in [0.5, 0.6) is 0 Å². The van der Waals surface area contributed by atoms with E-state index in [0.29, 0.717) is 13.2 Å². The van der Waals surface area contributed by atoms with E-state index >= 15 is 0 Å². The number of imidazole rings is 1. The Morgan fingerprint density at radius 2 is 2.00 bits per heavy atom. The molecule has 3 saturated heterocycles. The number of morpholine rings is 1. The number of anilines is 1. The maximum atomic E-state index is 6.79. The lowest BCUT2D eigenvalue weighted by Gasteiger charge is -2.52. The predicted molar refractivity (Wildman–Crippen MR) is 164 cm³/mol. The Morgan fingerprint density at radius 3 is 2.81 bits per heavy atom. The number of H-pyrrole nitrogens is 2. The van der Waals surface area contributed by atoms with Gasteiger partial charge < -0.3 is 24.7 Å². The van der Waals surface area contributed by atoms with Crippen LogP contribution in [0, 0.1) is 5.41 Å². The van der Waals surface area contributed by atoms with Crippen LogP contribution in [0.2, 0.25) is 0 Å². The maximum Gasteiger partial charge on any atom is 0.162 e. The smallest absolute Gasteiger partial charge is 0.162 e. The van der Waals surface area contributed by atoms with E-state index in [-0.39, 0.29) is 11.0 Å². The fraction of sp³-hybridized carbons (Fsp3) is 0.419. The third-order valence-electron chi connectivity index (χ3n) is 9.22. The van der Waals surface area contributed by atoms with E-state index in [1.807, 2.05) is 35.9 Å². The van der Waals surface area contributed by atoms with Crippen LogP contribution >= 0.6 is 11.3 Å². The summed E-state index contributed by atoms with van der Waals surface area (Å²) in [5, 5.41) is 11.9. The zero-order valence-electron chi connectivity index (χ0n) is 23.4. The molecule has 0 radical (unpaired) electrons. The van der Waals surface area contributed by atoms with Gasteiger partial charge >= 0.3 is 0 Å². The molecule has 4 aliphatic rings.